The van der Waals surface area contributed by atoms with Crippen molar-refractivity contribution in [1.82, 2.24) is 0 Å². The summed E-state index contributed by atoms with van der Waals surface area (Å²) in [5.74, 6) is 0. The van der Waals surface area contributed by atoms with Crippen LogP contribution in [0.15, 0.2) is 0 Å². The molecule has 0 radical (unpaired) electrons. The monoisotopic (exact) mass is 175 g/mol. The van der Waals surface area contributed by atoms with Crippen molar-refractivity contribution in [2.45, 2.75) is 39.2 Å². The highest BCUT2D eigenvalue weighted by Gasteiger charge is 2.39. The second kappa shape index (κ2) is 3.20. The van der Waals surface area contributed by atoms with Gasteiger partial charge in [-0.2, -0.15) is 0 Å². The Labute approximate surface area is 69.2 Å². The van der Waals surface area contributed by atoms with Gasteiger partial charge in [-0.3, -0.25) is 0 Å². The van der Waals surface area contributed by atoms with Crippen molar-refractivity contribution in [2.75, 3.05) is 6.66 Å². The summed E-state index contributed by atoms with van der Waals surface area (Å²) in [6.45, 7) is 6.00. The summed E-state index contributed by atoms with van der Waals surface area (Å²) < 4.78 is 16.1. The van der Waals surface area contributed by atoms with E-state index >= 15 is 0 Å². The van der Waals surface area contributed by atoms with E-state index in [-0.39, 0.29) is 11.5 Å². The zero-order valence-electron chi connectivity index (χ0n) is 7.46. The lowest BCUT2D eigenvalue weighted by Crippen LogP contribution is -2.23. The van der Waals surface area contributed by atoms with Crippen LogP contribution in [0.2, 0.25) is 0 Å². The summed E-state index contributed by atoms with van der Waals surface area (Å²) in [5, 5.41) is 0. The van der Waals surface area contributed by atoms with Crippen LogP contribution < -0.4 is 0 Å². The van der Waals surface area contributed by atoms with E-state index in [4.69, 9.17) is 4.52 Å². The Kier molecular flexibility index (Phi) is 2.66. The van der Waals surface area contributed by atoms with Gasteiger partial charge in [-0.25, -0.2) is 0 Å². The minimum Gasteiger partial charge on any atom is -0.143 e. The van der Waals surface area contributed by atoms with Crippen molar-refractivity contribution in [3.8, 4) is 0 Å². The van der Waals surface area contributed by atoms with Gasteiger partial charge in [0.15, 0.2) is 6.66 Å². The predicted molar refractivity (Wildman–Crippen MR) is 46.0 cm³/mol. The highest BCUT2D eigenvalue weighted by Crippen LogP contribution is 2.42. The number of hydrogen-bond donors (Lipinski definition) is 0. The summed E-state index contributed by atoms with van der Waals surface area (Å²) in [6.07, 6.45) is 3.69. The molecule has 11 heavy (non-hydrogen) atoms. The van der Waals surface area contributed by atoms with Crippen molar-refractivity contribution in [3.05, 3.63) is 0 Å². The van der Waals surface area contributed by atoms with Crippen LogP contribution in [-0.4, -0.2) is 12.8 Å². The first-order valence-electron chi connectivity index (χ1n) is 4.10. The van der Waals surface area contributed by atoms with Crippen molar-refractivity contribution < 1.29 is 9.09 Å². The fourth-order valence-electron chi connectivity index (χ4n) is 1.67. The molecule has 0 aromatic rings. The molecule has 1 saturated carbocycles. The second-order valence-electron chi connectivity index (χ2n) is 3.91. The van der Waals surface area contributed by atoms with Crippen molar-refractivity contribution >= 4 is 8.03 Å². The third-order valence-electron chi connectivity index (χ3n) is 2.43. The van der Waals surface area contributed by atoms with E-state index in [1.807, 2.05) is 0 Å². The van der Waals surface area contributed by atoms with Gasteiger partial charge >= 0.3 is 8.03 Å². The van der Waals surface area contributed by atoms with Crippen LogP contribution in [0.5, 0.6) is 0 Å². The maximum atomic E-state index is 10.8. The first kappa shape index (κ1) is 9.15. The molecule has 1 fully saturated rings. The van der Waals surface area contributed by atoms with Gasteiger partial charge in [0.1, 0.15) is 6.10 Å². The van der Waals surface area contributed by atoms with Crippen LogP contribution in [0.4, 0.5) is 0 Å². The van der Waals surface area contributed by atoms with Gasteiger partial charge in [0.2, 0.25) is 0 Å². The molecule has 1 aliphatic rings. The molecule has 64 valence electrons. The molecule has 2 nitrogen and oxygen atoms in total. The quantitative estimate of drug-likeness (QED) is 0.603. The van der Waals surface area contributed by atoms with Crippen LogP contribution in [0.1, 0.15) is 33.1 Å². The normalized spacial score (nSPS) is 30.5. The molecule has 0 spiro atoms. The van der Waals surface area contributed by atoms with E-state index in [1.165, 1.54) is 12.8 Å². The summed E-state index contributed by atoms with van der Waals surface area (Å²) in [7, 11) is -1.42. The topological polar surface area (TPSA) is 26.3 Å². The molecular weight excluding hydrogens is 159 g/mol. The van der Waals surface area contributed by atoms with Gasteiger partial charge < -0.3 is 0 Å². The van der Waals surface area contributed by atoms with Gasteiger partial charge in [0, 0.05) is 0 Å². The molecule has 0 aromatic carbocycles. The Morgan fingerprint density at radius 3 is 2.55 bits per heavy atom. The number of hydrogen-bond acceptors (Lipinski definition) is 2. The molecule has 1 rings (SSSR count). The maximum absolute atomic E-state index is 10.8. The van der Waals surface area contributed by atoms with E-state index in [2.05, 4.69) is 13.8 Å². The predicted octanol–water partition coefficient (Wildman–Crippen LogP) is 2.95. The summed E-state index contributed by atoms with van der Waals surface area (Å²) >= 11 is 0. The minimum atomic E-state index is -1.42. The Bertz CT molecular complexity index is 165. The average Bonchev–Trinajstić information content (AvgIpc) is 2.10. The number of rotatable bonds is 2. The molecule has 0 aromatic heterocycles. The van der Waals surface area contributed by atoms with Crippen molar-refractivity contribution in [3.63, 3.8) is 0 Å². The zero-order valence-corrected chi connectivity index (χ0v) is 8.36. The standard InChI is InChI=1S/C8H16O2P/c1-8(2)6-4-5-7(8)10-11(3)9/h7H,4-6H2,1-3H3/q+1/t7-/m0/s1. The summed E-state index contributed by atoms with van der Waals surface area (Å²) in [4.78, 5) is 0. The van der Waals surface area contributed by atoms with E-state index < -0.39 is 8.03 Å². The molecular formula is C8H16O2P+. The Morgan fingerprint density at radius 2 is 2.18 bits per heavy atom. The Morgan fingerprint density at radius 1 is 1.55 bits per heavy atom. The highest BCUT2D eigenvalue weighted by atomic mass is 31.1. The SMILES string of the molecule is C[P+](=O)O[C@H]1CCCC1(C)C. The molecule has 0 aliphatic heterocycles. The lowest BCUT2D eigenvalue weighted by molar-refractivity contribution is 0.113. The van der Waals surface area contributed by atoms with Crippen LogP contribution in [0.25, 0.3) is 0 Å². The Balaban J connectivity index is 2.51. The average molecular weight is 175 g/mol. The maximum Gasteiger partial charge on any atom is 0.505 e. The molecule has 0 heterocycles. The molecule has 3 heteroatoms. The smallest absolute Gasteiger partial charge is 0.143 e. The third kappa shape index (κ3) is 2.25. The van der Waals surface area contributed by atoms with E-state index in [9.17, 15) is 4.57 Å². The van der Waals surface area contributed by atoms with Crippen LogP contribution >= 0.6 is 8.03 Å². The van der Waals surface area contributed by atoms with Crippen molar-refractivity contribution in [1.29, 1.82) is 0 Å². The van der Waals surface area contributed by atoms with Crippen molar-refractivity contribution in [2.24, 2.45) is 5.41 Å². The minimum absolute atomic E-state index is 0.219. The highest BCUT2D eigenvalue weighted by molar-refractivity contribution is 7.38. The molecule has 1 aliphatic carbocycles. The summed E-state index contributed by atoms with van der Waals surface area (Å²) in [6, 6.07) is 0. The van der Waals surface area contributed by atoms with Gasteiger partial charge in [0.05, 0.1) is 0 Å². The Hall–Kier alpha value is 0.0600. The van der Waals surface area contributed by atoms with Crippen LogP contribution in [0.3, 0.4) is 0 Å². The third-order valence-corrected chi connectivity index (χ3v) is 2.99. The first-order valence-corrected chi connectivity index (χ1v) is 5.72. The molecule has 0 N–H and O–H groups in total. The summed E-state index contributed by atoms with van der Waals surface area (Å²) in [5.41, 5.74) is 0.237. The fraction of sp³-hybridized carbons (Fsp3) is 1.00. The molecule has 0 saturated heterocycles. The molecule has 1 unspecified atom stereocenters. The van der Waals surface area contributed by atoms with Crippen LogP contribution in [0, 0.1) is 5.41 Å². The molecule has 2 atom stereocenters. The van der Waals surface area contributed by atoms with Gasteiger partial charge in [-0.05, 0) is 22.8 Å². The second-order valence-corrected chi connectivity index (χ2v) is 5.00. The van der Waals surface area contributed by atoms with Crippen LogP contribution in [-0.2, 0) is 9.09 Å². The van der Waals surface area contributed by atoms with E-state index in [0.717, 1.165) is 6.42 Å². The molecule has 0 bridgehead atoms. The van der Waals surface area contributed by atoms with Gasteiger partial charge in [0.25, 0.3) is 0 Å². The van der Waals surface area contributed by atoms with Gasteiger partial charge in [-0.15, -0.1) is 4.52 Å². The van der Waals surface area contributed by atoms with Gasteiger partial charge in [-0.1, -0.05) is 20.3 Å². The largest absolute Gasteiger partial charge is 0.505 e. The lowest BCUT2D eigenvalue weighted by Gasteiger charge is -2.21. The van der Waals surface area contributed by atoms with E-state index in [0.29, 0.717) is 0 Å². The van der Waals surface area contributed by atoms with E-state index in [1.54, 1.807) is 6.66 Å². The molecule has 0 amide bonds. The fourth-order valence-corrected chi connectivity index (χ4v) is 2.42. The lowest BCUT2D eigenvalue weighted by atomic mass is 9.90. The zero-order chi connectivity index (χ0) is 8.48. The first-order chi connectivity index (χ1) is 5.02.